The van der Waals surface area contributed by atoms with Crippen LogP contribution in [-0.2, 0) is 6.54 Å². The molecule has 24 heavy (non-hydrogen) atoms. The Morgan fingerprint density at radius 2 is 2.04 bits per heavy atom. The molecule has 1 unspecified atom stereocenters. The molecule has 2 aromatic carbocycles. The summed E-state index contributed by atoms with van der Waals surface area (Å²) in [5.41, 5.74) is 8.07. The van der Waals surface area contributed by atoms with Crippen LogP contribution < -0.4 is 5.73 Å². The average molecular weight is 344 g/mol. The zero-order valence-electron chi connectivity index (χ0n) is 13.8. The van der Waals surface area contributed by atoms with Gasteiger partial charge in [-0.05, 0) is 30.2 Å². The van der Waals surface area contributed by atoms with E-state index >= 15 is 0 Å². The van der Waals surface area contributed by atoms with Gasteiger partial charge in [0, 0.05) is 38.4 Å². The van der Waals surface area contributed by atoms with E-state index in [1.54, 1.807) is 18.2 Å². The van der Waals surface area contributed by atoms with Gasteiger partial charge in [-0.1, -0.05) is 41.9 Å². The molecule has 2 aromatic rings. The standard InChI is InChI=1S/C19H22ClN3O/c1-22(19(24)17-8-7-15(21)11-18(17)20)16-9-10-23(13-16)12-14-5-3-2-4-6-14/h2-8,11,16H,9-10,12-13,21H2,1H3. The maximum absolute atomic E-state index is 12.7. The quantitative estimate of drug-likeness (QED) is 0.867. The summed E-state index contributed by atoms with van der Waals surface area (Å²) in [6.45, 7) is 2.79. The van der Waals surface area contributed by atoms with E-state index in [1.165, 1.54) is 5.56 Å². The Bertz CT molecular complexity index is 720. The molecule has 1 aliphatic heterocycles. The van der Waals surface area contributed by atoms with Gasteiger partial charge in [-0.2, -0.15) is 0 Å². The summed E-state index contributed by atoms with van der Waals surface area (Å²) in [7, 11) is 1.85. The first-order valence-corrected chi connectivity index (χ1v) is 8.51. The second kappa shape index (κ2) is 7.24. The Hall–Kier alpha value is -2.04. The molecule has 1 saturated heterocycles. The number of halogens is 1. The van der Waals surface area contributed by atoms with Gasteiger partial charge < -0.3 is 10.6 Å². The van der Waals surface area contributed by atoms with Gasteiger partial charge in [-0.3, -0.25) is 9.69 Å². The number of carbonyl (C=O) groups is 1. The van der Waals surface area contributed by atoms with E-state index in [4.69, 9.17) is 17.3 Å². The number of hydrogen-bond acceptors (Lipinski definition) is 3. The second-order valence-electron chi connectivity index (χ2n) is 6.32. The molecule has 1 aliphatic rings. The highest BCUT2D eigenvalue weighted by Crippen LogP contribution is 2.23. The van der Waals surface area contributed by atoms with Crippen molar-refractivity contribution in [1.29, 1.82) is 0 Å². The van der Waals surface area contributed by atoms with Crippen LogP contribution in [0, 0.1) is 0 Å². The van der Waals surface area contributed by atoms with Crippen molar-refractivity contribution >= 4 is 23.2 Å². The Balaban J connectivity index is 1.63. The van der Waals surface area contributed by atoms with Crippen molar-refractivity contribution in [3.05, 3.63) is 64.7 Å². The molecular formula is C19H22ClN3O. The van der Waals surface area contributed by atoms with Crippen LogP contribution in [0.2, 0.25) is 5.02 Å². The molecule has 1 heterocycles. The van der Waals surface area contributed by atoms with Crippen molar-refractivity contribution < 1.29 is 4.79 Å². The highest BCUT2D eigenvalue weighted by molar-refractivity contribution is 6.34. The molecule has 0 aliphatic carbocycles. The summed E-state index contributed by atoms with van der Waals surface area (Å²) in [5.74, 6) is -0.0495. The summed E-state index contributed by atoms with van der Waals surface area (Å²) in [6, 6.07) is 15.7. The Kier molecular flexibility index (Phi) is 5.07. The van der Waals surface area contributed by atoms with Gasteiger partial charge in [0.2, 0.25) is 0 Å². The lowest BCUT2D eigenvalue weighted by Gasteiger charge is -2.25. The topological polar surface area (TPSA) is 49.6 Å². The molecule has 1 amide bonds. The Labute approximate surface area is 147 Å². The lowest BCUT2D eigenvalue weighted by molar-refractivity contribution is 0.0735. The van der Waals surface area contributed by atoms with Gasteiger partial charge in [0.25, 0.3) is 5.91 Å². The molecular weight excluding hydrogens is 322 g/mol. The van der Waals surface area contributed by atoms with Crippen LogP contribution >= 0.6 is 11.6 Å². The van der Waals surface area contributed by atoms with Crippen LogP contribution in [0.5, 0.6) is 0 Å². The van der Waals surface area contributed by atoms with E-state index in [0.29, 0.717) is 16.3 Å². The maximum Gasteiger partial charge on any atom is 0.255 e. The van der Waals surface area contributed by atoms with Crippen molar-refractivity contribution in [2.75, 3.05) is 25.9 Å². The summed E-state index contributed by atoms with van der Waals surface area (Å²) in [6.07, 6.45) is 0.974. The lowest BCUT2D eigenvalue weighted by atomic mass is 10.1. The number of anilines is 1. The first-order chi connectivity index (χ1) is 11.5. The first-order valence-electron chi connectivity index (χ1n) is 8.13. The Morgan fingerprint density at radius 1 is 1.29 bits per heavy atom. The highest BCUT2D eigenvalue weighted by atomic mass is 35.5. The van der Waals surface area contributed by atoms with Gasteiger partial charge in [-0.15, -0.1) is 0 Å². The van der Waals surface area contributed by atoms with Crippen LogP contribution in [-0.4, -0.2) is 41.9 Å². The van der Waals surface area contributed by atoms with Gasteiger partial charge in [-0.25, -0.2) is 0 Å². The normalized spacial score (nSPS) is 17.8. The number of hydrogen-bond donors (Lipinski definition) is 1. The molecule has 5 heteroatoms. The molecule has 3 rings (SSSR count). The minimum atomic E-state index is -0.0495. The molecule has 0 bridgehead atoms. The Morgan fingerprint density at radius 3 is 2.75 bits per heavy atom. The van der Waals surface area contributed by atoms with E-state index in [0.717, 1.165) is 26.1 Å². The average Bonchev–Trinajstić information content (AvgIpc) is 3.03. The van der Waals surface area contributed by atoms with Crippen LogP contribution in [0.15, 0.2) is 48.5 Å². The first kappa shape index (κ1) is 16.8. The zero-order valence-corrected chi connectivity index (χ0v) is 14.5. The number of nitrogens with two attached hydrogens (primary N) is 1. The fourth-order valence-corrected chi connectivity index (χ4v) is 3.44. The fourth-order valence-electron chi connectivity index (χ4n) is 3.17. The monoisotopic (exact) mass is 343 g/mol. The number of likely N-dealkylation sites (tertiary alicyclic amines) is 1. The molecule has 0 radical (unpaired) electrons. The second-order valence-corrected chi connectivity index (χ2v) is 6.73. The van der Waals surface area contributed by atoms with Gasteiger partial charge in [0.1, 0.15) is 0 Å². The number of nitrogens with zero attached hydrogens (tertiary/aromatic N) is 2. The number of carbonyl (C=O) groups excluding carboxylic acids is 1. The number of rotatable bonds is 4. The van der Waals surface area contributed by atoms with Gasteiger partial charge in [0.15, 0.2) is 0 Å². The maximum atomic E-state index is 12.7. The minimum Gasteiger partial charge on any atom is -0.399 e. The molecule has 1 atom stereocenters. The van der Waals surface area contributed by atoms with Gasteiger partial charge in [0.05, 0.1) is 10.6 Å². The van der Waals surface area contributed by atoms with Gasteiger partial charge >= 0.3 is 0 Å². The predicted octanol–water partition coefficient (Wildman–Crippen LogP) is 3.27. The third-order valence-electron chi connectivity index (χ3n) is 4.59. The van der Waals surface area contributed by atoms with E-state index in [-0.39, 0.29) is 11.9 Å². The third kappa shape index (κ3) is 3.71. The predicted molar refractivity (Wildman–Crippen MR) is 98.1 cm³/mol. The molecule has 2 N–H and O–H groups in total. The van der Waals surface area contributed by atoms with E-state index in [2.05, 4.69) is 29.2 Å². The largest absolute Gasteiger partial charge is 0.399 e. The summed E-state index contributed by atoms with van der Waals surface area (Å²) < 4.78 is 0. The number of nitrogen functional groups attached to an aromatic ring is 1. The van der Waals surface area contributed by atoms with Crippen LogP contribution in [0.4, 0.5) is 5.69 Å². The zero-order chi connectivity index (χ0) is 17.1. The minimum absolute atomic E-state index is 0.0495. The van der Waals surface area contributed by atoms with Crippen molar-refractivity contribution in [3.8, 4) is 0 Å². The SMILES string of the molecule is CN(C(=O)c1ccc(N)cc1Cl)C1CCN(Cc2ccccc2)C1. The molecule has 1 fully saturated rings. The number of likely N-dealkylation sites (N-methyl/N-ethyl adjacent to an activating group) is 1. The highest BCUT2D eigenvalue weighted by Gasteiger charge is 2.29. The fraction of sp³-hybridized carbons (Fsp3) is 0.316. The third-order valence-corrected chi connectivity index (χ3v) is 4.90. The molecule has 4 nitrogen and oxygen atoms in total. The molecule has 0 spiro atoms. The summed E-state index contributed by atoms with van der Waals surface area (Å²) in [5, 5.41) is 0.408. The van der Waals surface area contributed by atoms with E-state index < -0.39 is 0 Å². The van der Waals surface area contributed by atoms with Crippen molar-refractivity contribution in [2.24, 2.45) is 0 Å². The van der Waals surface area contributed by atoms with Crippen LogP contribution in [0.25, 0.3) is 0 Å². The van der Waals surface area contributed by atoms with E-state index in [1.807, 2.05) is 18.0 Å². The van der Waals surface area contributed by atoms with Crippen molar-refractivity contribution in [3.63, 3.8) is 0 Å². The van der Waals surface area contributed by atoms with Crippen molar-refractivity contribution in [2.45, 2.75) is 19.0 Å². The number of amides is 1. The summed E-state index contributed by atoms with van der Waals surface area (Å²) in [4.78, 5) is 16.9. The molecule has 0 saturated carbocycles. The lowest BCUT2D eigenvalue weighted by Crippen LogP contribution is -2.39. The molecule has 126 valence electrons. The molecule has 0 aromatic heterocycles. The van der Waals surface area contributed by atoms with Crippen LogP contribution in [0.3, 0.4) is 0 Å². The smallest absolute Gasteiger partial charge is 0.255 e. The number of benzene rings is 2. The summed E-state index contributed by atoms with van der Waals surface area (Å²) >= 11 is 6.17. The van der Waals surface area contributed by atoms with Crippen LogP contribution in [0.1, 0.15) is 22.3 Å². The van der Waals surface area contributed by atoms with Crippen molar-refractivity contribution in [1.82, 2.24) is 9.80 Å². The van der Waals surface area contributed by atoms with E-state index in [9.17, 15) is 4.79 Å².